The summed E-state index contributed by atoms with van der Waals surface area (Å²) in [6, 6.07) is -0.929. The Morgan fingerprint density at radius 2 is 2.29 bits per heavy atom. The van der Waals surface area contributed by atoms with Crippen LogP contribution in [0.4, 0.5) is 0 Å². The lowest BCUT2D eigenvalue weighted by Crippen LogP contribution is -2.15. The van der Waals surface area contributed by atoms with Crippen LogP contribution in [-0.4, -0.2) is 29.3 Å². The molecule has 1 aromatic heterocycles. The topological polar surface area (TPSA) is 89.3 Å². The summed E-state index contributed by atoms with van der Waals surface area (Å²) in [5, 5.41) is 12.2. The van der Waals surface area contributed by atoms with Crippen molar-refractivity contribution in [3.63, 3.8) is 0 Å². The first kappa shape index (κ1) is 11.0. The van der Waals surface area contributed by atoms with Crippen molar-refractivity contribution < 1.29 is 18.3 Å². The molecule has 6 nitrogen and oxygen atoms in total. The van der Waals surface area contributed by atoms with E-state index in [9.17, 15) is 13.2 Å². The molecule has 0 aromatic carbocycles. The van der Waals surface area contributed by atoms with Gasteiger partial charge in [-0.3, -0.25) is 4.68 Å². The van der Waals surface area contributed by atoms with Crippen LogP contribution < -0.4 is 0 Å². The lowest BCUT2D eigenvalue weighted by molar-refractivity contribution is -0.140. The average molecular weight is 239 g/mol. The standard InChI is InChI=1S/C6H7ClN2O4S/c1-4(6(10)11)9-3-5(2-8-9)14(7,12)13/h2-4H,1H3,(H,10,11). The van der Waals surface area contributed by atoms with Crippen LogP contribution >= 0.6 is 10.7 Å². The van der Waals surface area contributed by atoms with Gasteiger partial charge in [-0.15, -0.1) is 0 Å². The summed E-state index contributed by atoms with van der Waals surface area (Å²) in [4.78, 5) is 10.3. The molecule has 1 rings (SSSR count). The molecular weight excluding hydrogens is 232 g/mol. The van der Waals surface area contributed by atoms with Gasteiger partial charge in [0.15, 0.2) is 0 Å². The van der Waals surface area contributed by atoms with Crippen LogP contribution in [-0.2, 0) is 13.8 Å². The van der Waals surface area contributed by atoms with Crippen LogP contribution in [0.3, 0.4) is 0 Å². The summed E-state index contributed by atoms with van der Waals surface area (Å²) in [7, 11) is 1.18. The number of carboxylic acid groups (broad SMARTS) is 1. The predicted octanol–water partition coefficient (Wildman–Crippen LogP) is 0.456. The first-order chi connectivity index (χ1) is 6.32. The Bertz CT molecular complexity index is 452. The molecule has 0 bridgehead atoms. The third-order valence-corrected chi connectivity index (χ3v) is 2.92. The van der Waals surface area contributed by atoms with Crippen LogP contribution in [0.25, 0.3) is 0 Å². The second-order valence-corrected chi connectivity index (χ2v) is 5.17. The summed E-state index contributed by atoms with van der Waals surface area (Å²) < 4.78 is 22.6. The summed E-state index contributed by atoms with van der Waals surface area (Å²) in [5.41, 5.74) is 0. The molecule has 0 fully saturated rings. The van der Waals surface area contributed by atoms with Crippen molar-refractivity contribution in [2.45, 2.75) is 17.9 Å². The van der Waals surface area contributed by atoms with Crippen molar-refractivity contribution in [3.05, 3.63) is 12.4 Å². The number of aliphatic carboxylic acids is 1. The summed E-state index contributed by atoms with van der Waals surface area (Å²) >= 11 is 0. The molecule has 78 valence electrons. The van der Waals surface area contributed by atoms with E-state index in [1.807, 2.05) is 0 Å². The van der Waals surface area contributed by atoms with Gasteiger partial charge in [0.05, 0.1) is 6.20 Å². The second kappa shape index (κ2) is 3.58. The normalized spacial score (nSPS) is 13.9. The van der Waals surface area contributed by atoms with E-state index < -0.39 is 21.1 Å². The van der Waals surface area contributed by atoms with E-state index in [-0.39, 0.29) is 4.90 Å². The number of halogens is 1. The Hall–Kier alpha value is -1.08. The Balaban J connectivity index is 3.06. The van der Waals surface area contributed by atoms with Gasteiger partial charge in [0.25, 0.3) is 9.05 Å². The smallest absolute Gasteiger partial charge is 0.328 e. The number of rotatable bonds is 3. The average Bonchev–Trinajstić information content (AvgIpc) is 2.49. The number of hydrogen-bond acceptors (Lipinski definition) is 4. The fraction of sp³-hybridized carbons (Fsp3) is 0.333. The molecule has 14 heavy (non-hydrogen) atoms. The summed E-state index contributed by atoms with van der Waals surface area (Å²) in [6.45, 7) is 1.37. The molecule has 8 heteroatoms. The lowest BCUT2D eigenvalue weighted by atomic mass is 10.4. The maximum absolute atomic E-state index is 10.8. The van der Waals surface area contributed by atoms with Gasteiger partial charge in [-0.2, -0.15) is 5.10 Å². The zero-order chi connectivity index (χ0) is 10.9. The largest absolute Gasteiger partial charge is 0.480 e. The van der Waals surface area contributed by atoms with Gasteiger partial charge in [-0.05, 0) is 6.92 Å². The van der Waals surface area contributed by atoms with E-state index >= 15 is 0 Å². The highest BCUT2D eigenvalue weighted by molar-refractivity contribution is 8.13. The van der Waals surface area contributed by atoms with Crippen molar-refractivity contribution in [2.75, 3.05) is 0 Å². The van der Waals surface area contributed by atoms with Gasteiger partial charge >= 0.3 is 5.97 Å². The Morgan fingerprint density at radius 3 is 2.64 bits per heavy atom. The molecule has 0 aliphatic rings. The number of carboxylic acids is 1. The van der Waals surface area contributed by atoms with Crippen LogP contribution in [0, 0.1) is 0 Å². The molecule has 1 heterocycles. The van der Waals surface area contributed by atoms with Crippen molar-refractivity contribution in [2.24, 2.45) is 0 Å². The monoisotopic (exact) mass is 238 g/mol. The minimum absolute atomic E-state index is 0.215. The minimum Gasteiger partial charge on any atom is -0.480 e. The van der Waals surface area contributed by atoms with Crippen molar-refractivity contribution in [1.29, 1.82) is 0 Å². The Kier molecular flexibility index (Phi) is 2.81. The molecule has 0 amide bonds. The molecule has 1 unspecified atom stereocenters. The first-order valence-corrected chi connectivity index (χ1v) is 5.85. The molecular formula is C6H7ClN2O4S. The highest BCUT2D eigenvalue weighted by atomic mass is 35.7. The second-order valence-electron chi connectivity index (χ2n) is 2.61. The van der Waals surface area contributed by atoms with Gasteiger partial charge < -0.3 is 5.11 Å². The molecule has 1 aromatic rings. The molecule has 0 saturated carbocycles. The fourth-order valence-corrected chi connectivity index (χ4v) is 1.42. The van der Waals surface area contributed by atoms with Crippen LogP contribution in [0.15, 0.2) is 17.3 Å². The van der Waals surface area contributed by atoms with Crippen molar-refractivity contribution in [1.82, 2.24) is 9.78 Å². The molecule has 1 atom stereocenters. The minimum atomic E-state index is -3.85. The Labute approximate surface area is 84.5 Å². The van der Waals surface area contributed by atoms with E-state index in [2.05, 4.69) is 5.10 Å². The molecule has 0 saturated heterocycles. The van der Waals surface area contributed by atoms with E-state index in [4.69, 9.17) is 15.8 Å². The third kappa shape index (κ3) is 2.24. The maximum Gasteiger partial charge on any atom is 0.328 e. The molecule has 1 N–H and O–H groups in total. The van der Waals surface area contributed by atoms with E-state index in [1.165, 1.54) is 6.92 Å². The van der Waals surface area contributed by atoms with Gasteiger partial charge in [-0.1, -0.05) is 0 Å². The fourth-order valence-electron chi connectivity index (χ4n) is 0.771. The number of aromatic nitrogens is 2. The van der Waals surface area contributed by atoms with E-state index in [0.29, 0.717) is 0 Å². The van der Waals surface area contributed by atoms with Gasteiger partial charge in [0, 0.05) is 16.9 Å². The van der Waals surface area contributed by atoms with E-state index in [1.54, 1.807) is 0 Å². The number of carbonyl (C=O) groups is 1. The van der Waals surface area contributed by atoms with E-state index in [0.717, 1.165) is 17.1 Å². The van der Waals surface area contributed by atoms with Gasteiger partial charge in [-0.25, -0.2) is 13.2 Å². The summed E-state index contributed by atoms with van der Waals surface area (Å²) in [6.07, 6.45) is 2.07. The van der Waals surface area contributed by atoms with Crippen LogP contribution in [0.5, 0.6) is 0 Å². The van der Waals surface area contributed by atoms with Crippen LogP contribution in [0.2, 0.25) is 0 Å². The van der Waals surface area contributed by atoms with Gasteiger partial charge in [0.2, 0.25) is 0 Å². The predicted molar refractivity (Wildman–Crippen MR) is 47.6 cm³/mol. The van der Waals surface area contributed by atoms with Crippen molar-refractivity contribution >= 4 is 25.7 Å². The first-order valence-electron chi connectivity index (χ1n) is 3.54. The summed E-state index contributed by atoms with van der Waals surface area (Å²) in [5.74, 6) is -1.10. The number of nitrogens with zero attached hydrogens (tertiary/aromatic N) is 2. The zero-order valence-electron chi connectivity index (χ0n) is 7.08. The quantitative estimate of drug-likeness (QED) is 0.773. The Morgan fingerprint density at radius 1 is 1.71 bits per heavy atom. The molecule has 0 spiro atoms. The van der Waals surface area contributed by atoms with Gasteiger partial charge in [0.1, 0.15) is 10.9 Å². The van der Waals surface area contributed by atoms with Crippen molar-refractivity contribution in [3.8, 4) is 0 Å². The molecule has 0 aliphatic carbocycles. The zero-order valence-corrected chi connectivity index (χ0v) is 8.66. The SMILES string of the molecule is CC(C(=O)O)n1cc(S(=O)(=O)Cl)cn1. The number of hydrogen-bond donors (Lipinski definition) is 1. The molecule has 0 aliphatic heterocycles. The molecule has 0 radical (unpaired) electrons. The lowest BCUT2D eigenvalue weighted by Gasteiger charge is -2.04. The highest BCUT2D eigenvalue weighted by Crippen LogP contribution is 2.15. The maximum atomic E-state index is 10.8. The third-order valence-electron chi connectivity index (χ3n) is 1.61. The van der Waals surface area contributed by atoms with Crippen LogP contribution in [0.1, 0.15) is 13.0 Å². The highest BCUT2D eigenvalue weighted by Gasteiger charge is 2.18.